The molecule has 3 heteroatoms. The lowest BCUT2D eigenvalue weighted by Gasteiger charge is -1.82. The van der Waals surface area contributed by atoms with Crippen LogP contribution in [0.2, 0.25) is 0 Å². The molecule has 1 amide bonds. The van der Waals surface area contributed by atoms with Crippen LogP contribution in [0.15, 0.2) is 0 Å². The number of rotatable bonds is 1. The average Bonchev–Trinajstić information content (AvgIpc) is 1.35. The molecule has 0 aliphatic carbocycles. The quantitative estimate of drug-likeness (QED) is 0.500. The van der Waals surface area contributed by atoms with E-state index in [9.17, 15) is 4.79 Å². The van der Waals surface area contributed by atoms with E-state index in [1.807, 2.05) is 0 Å². The minimum Gasteiger partial charge on any atom is -0.464 e. The van der Waals surface area contributed by atoms with Crippen molar-refractivity contribution in [1.29, 1.82) is 0 Å². The standard InChI is InChI=1S/C3H6NO2/c1-2-4-3(5)6/h2H2,1H3,(H,5,6). The van der Waals surface area contributed by atoms with Gasteiger partial charge in [0.15, 0.2) is 0 Å². The fourth-order valence-corrected chi connectivity index (χ4v) is 0.135. The van der Waals surface area contributed by atoms with Crippen molar-refractivity contribution < 1.29 is 9.90 Å². The predicted molar refractivity (Wildman–Crippen MR) is 20.7 cm³/mol. The minimum absolute atomic E-state index is 0.356. The molecule has 0 atom stereocenters. The molecular formula is C3H6NO2. The summed E-state index contributed by atoms with van der Waals surface area (Å²) in [6, 6.07) is 0. The van der Waals surface area contributed by atoms with Gasteiger partial charge in [-0.2, -0.15) is 0 Å². The lowest BCUT2D eigenvalue weighted by atomic mass is 10.8. The van der Waals surface area contributed by atoms with Gasteiger partial charge < -0.3 is 5.11 Å². The molecular weight excluding hydrogens is 82.0 g/mol. The second-order valence-electron chi connectivity index (χ2n) is 0.757. The number of amides is 1. The maximum Gasteiger partial charge on any atom is 0.426 e. The van der Waals surface area contributed by atoms with Crippen molar-refractivity contribution in [2.75, 3.05) is 6.54 Å². The number of nitrogens with zero attached hydrogens (tertiary/aromatic N) is 1. The summed E-state index contributed by atoms with van der Waals surface area (Å²) in [4.78, 5) is 9.43. The van der Waals surface area contributed by atoms with Gasteiger partial charge in [-0.05, 0) is 6.92 Å². The van der Waals surface area contributed by atoms with Crippen molar-refractivity contribution in [2.45, 2.75) is 6.92 Å². The molecule has 6 heavy (non-hydrogen) atoms. The smallest absolute Gasteiger partial charge is 0.426 e. The van der Waals surface area contributed by atoms with Crippen LogP contribution in [-0.4, -0.2) is 17.7 Å². The summed E-state index contributed by atoms with van der Waals surface area (Å²) in [7, 11) is 0. The van der Waals surface area contributed by atoms with Gasteiger partial charge in [-0.15, -0.1) is 0 Å². The maximum absolute atomic E-state index is 9.43. The normalized spacial score (nSPS) is 7.50. The zero-order valence-corrected chi connectivity index (χ0v) is 3.51. The largest absolute Gasteiger partial charge is 0.464 e. The average molecular weight is 88.1 g/mol. The fourth-order valence-electron chi connectivity index (χ4n) is 0.135. The molecule has 0 aromatic heterocycles. The highest BCUT2D eigenvalue weighted by Crippen LogP contribution is 1.59. The van der Waals surface area contributed by atoms with Crippen molar-refractivity contribution in [3.8, 4) is 0 Å². The van der Waals surface area contributed by atoms with Crippen molar-refractivity contribution in [2.24, 2.45) is 0 Å². The molecule has 0 aromatic carbocycles. The lowest BCUT2D eigenvalue weighted by molar-refractivity contribution is 0.194. The monoisotopic (exact) mass is 88.0 g/mol. The van der Waals surface area contributed by atoms with E-state index >= 15 is 0 Å². The SMILES string of the molecule is CC[N]C(=O)O. The Kier molecular flexibility index (Phi) is 2.20. The molecule has 35 valence electrons. The lowest BCUT2D eigenvalue weighted by Crippen LogP contribution is -2.10. The van der Waals surface area contributed by atoms with E-state index in [4.69, 9.17) is 5.11 Å². The molecule has 0 rings (SSSR count). The van der Waals surface area contributed by atoms with Crippen molar-refractivity contribution in [3.63, 3.8) is 0 Å². The highest BCUT2D eigenvalue weighted by molar-refractivity contribution is 5.63. The third kappa shape index (κ3) is 3.27. The van der Waals surface area contributed by atoms with Crippen molar-refractivity contribution >= 4 is 6.09 Å². The molecule has 0 aliphatic rings. The highest BCUT2D eigenvalue weighted by atomic mass is 16.4. The van der Waals surface area contributed by atoms with E-state index in [1.54, 1.807) is 6.92 Å². The van der Waals surface area contributed by atoms with Crippen LogP contribution < -0.4 is 5.32 Å². The molecule has 0 unspecified atom stereocenters. The second kappa shape index (κ2) is 2.50. The molecule has 3 nitrogen and oxygen atoms in total. The fraction of sp³-hybridized carbons (Fsp3) is 0.667. The summed E-state index contributed by atoms with van der Waals surface area (Å²) in [6.07, 6.45) is -1.09. The summed E-state index contributed by atoms with van der Waals surface area (Å²) in [5, 5.41) is 10.8. The highest BCUT2D eigenvalue weighted by Gasteiger charge is 1.86. The first-order chi connectivity index (χ1) is 2.77. The topological polar surface area (TPSA) is 51.4 Å². The summed E-state index contributed by atoms with van der Waals surface area (Å²) >= 11 is 0. The van der Waals surface area contributed by atoms with Crippen LogP contribution in [0.3, 0.4) is 0 Å². The molecule has 0 bridgehead atoms. The Labute approximate surface area is 36.0 Å². The van der Waals surface area contributed by atoms with E-state index in [2.05, 4.69) is 5.32 Å². The molecule has 0 aromatic rings. The summed E-state index contributed by atoms with van der Waals surface area (Å²) in [6.45, 7) is 2.03. The predicted octanol–water partition coefficient (Wildman–Crippen LogP) is 0.289. The zero-order chi connectivity index (χ0) is 4.99. The van der Waals surface area contributed by atoms with Gasteiger partial charge in [0.1, 0.15) is 0 Å². The van der Waals surface area contributed by atoms with Gasteiger partial charge in [-0.1, -0.05) is 0 Å². The van der Waals surface area contributed by atoms with Crippen LogP contribution >= 0.6 is 0 Å². The van der Waals surface area contributed by atoms with Crippen LogP contribution in [0, 0.1) is 0 Å². The number of carbonyl (C=O) groups is 1. The van der Waals surface area contributed by atoms with Gasteiger partial charge in [0.25, 0.3) is 0 Å². The van der Waals surface area contributed by atoms with E-state index in [1.165, 1.54) is 0 Å². The van der Waals surface area contributed by atoms with Crippen LogP contribution in [0.4, 0.5) is 4.79 Å². The van der Waals surface area contributed by atoms with Gasteiger partial charge in [0.05, 0.1) is 0 Å². The molecule has 0 heterocycles. The van der Waals surface area contributed by atoms with Gasteiger partial charge in [0.2, 0.25) is 0 Å². The van der Waals surface area contributed by atoms with Crippen molar-refractivity contribution in [3.05, 3.63) is 0 Å². The minimum atomic E-state index is -1.09. The first-order valence-electron chi connectivity index (χ1n) is 1.67. The number of hydrogen-bond acceptors (Lipinski definition) is 1. The summed E-state index contributed by atoms with van der Waals surface area (Å²) < 4.78 is 0. The van der Waals surface area contributed by atoms with E-state index in [0.29, 0.717) is 6.54 Å². The Morgan fingerprint density at radius 1 is 2.00 bits per heavy atom. The third-order valence-electron chi connectivity index (χ3n) is 0.293. The van der Waals surface area contributed by atoms with Crippen LogP contribution in [0.1, 0.15) is 6.92 Å². The van der Waals surface area contributed by atoms with Gasteiger partial charge >= 0.3 is 6.09 Å². The van der Waals surface area contributed by atoms with Gasteiger partial charge in [-0.3, -0.25) is 0 Å². The molecule has 0 saturated carbocycles. The van der Waals surface area contributed by atoms with Crippen molar-refractivity contribution in [1.82, 2.24) is 5.32 Å². The van der Waals surface area contributed by atoms with E-state index < -0.39 is 6.09 Å². The Hall–Kier alpha value is -0.730. The molecule has 0 aliphatic heterocycles. The first-order valence-corrected chi connectivity index (χ1v) is 1.67. The second-order valence-corrected chi connectivity index (χ2v) is 0.757. The Bertz CT molecular complexity index is 52.8. The Morgan fingerprint density at radius 2 is 2.50 bits per heavy atom. The first kappa shape index (κ1) is 5.27. The van der Waals surface area contributed by atoms with Crippen LogP contribution in [-0.2, 0) is 0 Å². The molecule has 1 N–H and O–H groups in total. The summed E-state index contributed by atoms with van der Waals surface area (Å²) in [5.74, 6) is 0. The molecule has 0 saturated heterocycles. The number of hydrogen-bond donors (Lipinski definition) is 1. The van der Waals surface area contributed by atoms with Gasteiger partial charge in [0, 0.05) is 6.54 Å². The maximum atomic E-state index is 9.43. The van der Waals surface area contributed by atoms with Crippen LogP contribution in [0.25, 0.3) is 0 Å². The molecule has 0 fully saturated rings. The Morgan fingerprint density at radius 3 is 2.50 bits per heavy atom. The van der Waals surface area contributed by atoms with E-state index in [-0.39, 0.29) is 0 Å². The zero-order valence-electron chi connectivity index (χ0n) is 3.51. The Balaban J connectivity index is 2.83. The number of carboxylic acid groups (broad SMARTS) is 1. The molecule has 1 radical (unpaired) electrons. The van der Waals surface area contributed by atoms with Gasteiger partial charge in [-0.25, -0.2) is 10.1 Å². The molecule has 0 spiro atoms. The third-order valence-corrected chi connectivity index (χ3v) is 0.293. The van der Waals surface area contributed by atoms with Crippen LogP contribution in [0.5, 0.6) is 0 Å². The summed E-state index contributed by atoms with van der Waals surface area (Å²) in [5.41, 5.74) is 0. The van der Waals surface area contributed by atoms with E-state index in [0.717, 1.165) is 0 Å².